The average molecular weight is 467 g/mol. The van der Waals surface area contributed by atoms with Crippen LogP contribution in [0.4, 0.5) is 5.69 Å². The molecule has 0 radical (unpaired) electrons. The van der Waals surface area contributed by atoms with Crippen molar-refractivity contribution in [1.29, 1.82) is 0 Å². The Kier molecular flexibility index (Phi) is 5.65. The molecule has 1 aromatic carbocycles. The van der Waals surface area contributed by atoms with E-state index >= 15 is 0 Å². The van der Waals surface area contributed by atoms with Gasteiger partial charge < -0.3 is 14.5 Å². The molecule has 1 aliphatic carbocycles. The van der Waals surface area contributed by atoms with Gasteiger partial charge in [-0.3, -0.25) is 19.0 Å². The number of hydrogen-bond acceptors (Lipinski definition) is 6. The summed E-state index contributed by atoms with van der Waals surface area (Å²) in [7, 11) is 3.33. The van der Waals surface area contributed by atoms with Gasteiger partial charge in [-0.15, -0.1) is 11.3 Å². The lowest BCUT2D eigenvalue weighted by atomic mass is 9.97. The number of rotatable bonds is 4. The van der Waals surface area contributed by atoms with Crippen LogP contribution in [0.25, 0.3) is 10.2 Å². The van der Waals surface area contributed by atoms with Crippen LogP contribution >= 0.6 is 11.3 Å². The number of nitrogens with zero attached hydrogens (tertiary/aromatic N) is 4. The zero-order valence-electron chi connectivity index (χ0n) is 18.7. The van der Waals surface area contributed by atoms with E-state index in [0.717, 1.165) is 41.5 Å². The SMILES string of the molecule is CN(C)C(=O)[C@@H]1CN(C(=O)CCn2cnc3sc4c(c3c2=O)CCCC4)c2ccccc2O1. The fourth-order valence-corrected chi connectivity index (χ4v) is 5.80. The molecule has 0 N–H and O–H groups in total. The summed E-state index contributed by atoms with van der Waals surface area (Å²) < 4.78 is 7.40. The lowest BCUT2D eigenvalue weighted by Gasteiger charge is -2.35. The summed E-state index contributed by atoms with van der Waals surface area (Å²) in [4.78, 5) is 48.6. The summed E-state index contributed by atoms with van der Waals surface area (Å²) in [6, 6.07) is 7.21. The highest BCUT2D eigenvalue weighted by Gasteiger charge is 2.34. The zero-order valence-corrected chi connectivity index (χ0v) is 19.6. The van der Waals surface area contributed by atoms with Crippen LogP contribution in [0.3, 0.4) is 0 Å². The first-order chi connectivity index (χ1) is 15.9. The number of aromatic nitrogens is 2. The van der Waals surface area contributed by atoms with Gasteiger partial charge >= 0.3 is 0 Å². The van der Waals surface area contributed by atoms with Crippen LogP contribution in [0.1, 0.15) is 29.7 Å². The molecule has 172 valence electrons. The van der Waals surface area contributed by atoms with Crippen molar-refractivity contribution in [1.82, 2.24) is 14.5 Å². The van der Waals surface area contributed by atoms with Crippen LogP contribution in [0, 0.1) is 0 Å². The van der Waals surface area contributed by atoms with E-state index < -0.39 is 6.10 Å². The fourth-order valence-electron chi connectivity index (χ4n) is 4.58. The number of likely N-dealkylation sites (N-methyl/N-ethyl adjacent to an activating group) is 1. The predicted octanol–water partition coefficient (Wildman–Crippen LogP) is 2.61. The number of hydrogen-bond donors (Lipinski definition) is 0. The summed E-state index contributed by atoms with van der Waals surface area (Å²) in [5.74, 6) is 0.138. The van der Waals surface area contributed by atoms with Crippen LogP contribution in [0.2, 0.25) is 0 Å². The summed E-state index contributed by atoms with van der Waals surface area (Å²) in [6.07, 6.45) is 5.08. The third-order valence-electron chi connectivity index (χ3n) is 6.30. The third-order valence-corrected chi connectivity index (χ3v) is 7.50. The largest absolute Gasteiger partial charge is 0.476 e. The minimum atomic E-state index is -0.767. The molecule has 0 saturated carbocycles. The highest BCUT2D eigenvalue weighted by molar-refractivity contribution is 7.18. The van der Waals surface area contributed by atoms with Crippen LogP contribution in [-0.4, -0.2) is 53.0 Å². The van der Waals surface area contributed by atoms with Gasteiger partial charge in [0.2, 0.25) is 5.91 Å². The van der Waals surface area contributed by atoms with Crippen LogP contribution in [0.5, 0.6) is 5.75 Å². The van der Waals surface area contributed by atoms with Crippen LogP contribution < -0.4 is 15.2 Å². The van der Waals surface area contributed by atoms with Crippen LogP contribution in [-0.2, 0) is 29.0 Å². The molecule has 3 aromatic rings. The number of carbonyl (C=O) groups excluding carboxylic acids is 2. The van der Waals surface area contributed by atoms with E-state index in [0.29, 0.717) is 11.4 Å². The Labute approximate surface area is 195 Å². The molecule has 0 spiro atoms. The maximum Gasteiger partial charge on any atom is 0.265 e. The van der Waals surface area contributed by atoms with E-state index in [2.05, 4.69) is 4.98 Å². The molecule has 33 heavy (non-hydrogen) atoms. The maximum absolute atomic E-state index is 13.2. The number of benzene rings is 1. The summed E-state index contributed by atoms with van der Waals surface area (Å²) in [6.45, 7) is 0.369. The van der Waals surface area contributed by atoms with Crippen molar-refractivity contribution in [2.24, 2.45) is 0 Å². The number of thiophene rings is 1. The molecular weight excluding hydrogens is 440 g/mol. The number of amides is 2. The van der Waals surface area contributed by atoms with Gasteiger partial charge in [-0.2, -0.15) is 0 Å². The fraction of sp³-hybridized carbons (Fsp3) is 0.417. The number of ether oxygens (including phenoxy) is 1. The van der Waals surface area contributed by atoms with Crippen LogP contribution in [0.15, 0.2) is 35.4 Å². The Morgan fingerprint density at radius 2 is 2.00 bits per heavy atom. The van der Waals surface area contributed by atoms with Crippen molar-refractivity contribution in [3.05, 3.63) is 51.4 Å². The topological polar surface area (TPSA) is 84.7 Å². The summed E-state index contributed by atoms with van der Waals surface area (Å²) >= 11 is 1.62. The highest BCUT2D eigenvalue weighted by atomic mass is 32.1. The van der Waals surface area contributed by atoms with E-state index in [9.17, 15) is 14.4 Å². The Morgan fingerprint density at radius 3 is 2.82 bits per heavy atom. The second-order valence-corrected chi connectivity index (χ2v) is 9.78. The zero-order chi connectivity index (χ0) is 23.1. The molecule has 3 heterocycles. The highest BCUT2D eigenvalue weighted by Crippen LogP contribution is 2.35. The van der Waals surface area contributed by atoms with Gasteiger partial charge in [0.1, 0.15) is 10.6 Å². The Bertz CT molecular complexity index is 1300. The Hall–Kier alpha value is -3.20. The van der Waals surface area contributed by atoms with Crippen molar-refractivity contribution in [3.63, 3.8) is 0 Å². The first kappa shape index (κ1) is 21.6. The smallest absolute Gasteiger partial charge is 0.265 e. The number of aryl methyl sites for hydroxylation is 3. The van der Waals surface area contributed by atoms with Crippen molar-refractivity contribution >= 4 is 39.1 Å². The van der Waals surface area contributed by atoms with Crippen molar-refractivity contribution < 1.29 is 14.3 Å². The third kappa shape index (κ3) is 3.90. The van der Waals surface area contributed by atoms with Crippen molar-refractivity contribution in [2.45, 2.75) is 44.8 Å². The first-order valence-corrected chi connectivity index (χ1v) is 12.0. The van der Waals surface area contributed by atoms with Gasteiger partial charge in [-0.1, -0.05) is 12.1 Å². The summed E-state index contributed by atoms with van der Waals surface area (Å²) in [5, 5.41) is 0.720. The number of fused-ring (bicyclic) bond motifs is 4. The molecule has 0 fully saturated rings. The monoisotopic (exact) mass is 466 g/mol. The lowest BCUT2D eigenvalue weighted by Crippen LogP contribution is -2.50. The second-order valence-electron chi connectivity index (χ2n) is 8.70. The molecule has 8 nitrogen and oxygen atoms in total. The lowest BCUT2D eigenvalue weighted by molar-refractivity contribution is -0.136. The van der Waals surface area contributed by atoms with Gasteiger partial charge in [0.25, 0.3) is 11.5 Å². The molecule has 2 amide bonds. The standard InChI is InChI=1S/C24H26N4O4S/c1-26(2)23(30)18-13-28(16-8-4-5-9-17(16)32-18)20(29)11-12-27-14-25-22-21(24(27)31)15-7-3-6-10-19(15)33-22/h4-5,8-9,14,18H,3,6-7,10-13H2,1-2H3/t18-/m0/s1. The van der Waals surface area contributed by atoms with Gasteiger partial charge in [0.05, 0.1) is 23.9 Å². The minimum absolute atomic E-state index is 0.0739. The molecule has 2 aliphatic rings. The van der Waals surface area contributed by atoms with E-state index in [4.69, 9.17) is 4.74 Å². The van der Waals surface area contributed by atoms with E-state index in [-0.39, 0.29) is 36.9 Å². The maximum atomic E-state index is 13.2. The first-order valence-electron chi connectivity index (χ1n) is 11.2. The molecule has 0 unspecified atom stereocenters. The molecule has 2 aromatic heterocycles. The van der Waals surface area contributed by atoms with Gasteiger partial charge in [0.15, 0.2) is 6.10 Å². The number of carbonyl (C=O) groups is 2. The molecule has 0 bridgehead atoms. The molecule has 9 heteroatoms. The van der Waals surface area contributed by atoms with Gasteiger partial charge in [-0.05, 0) is 43.4 Å². The minimum Gasteiger partial charge on any atom is -0.476 e. The molecule has 0 saturated heterocycles. The van der Waals surface area contributed by atoms with Crippen molar-refractivity contribution in [2.75, 3.05) is 25.5 Å². The Morgan fingerprint density at radius 1 is 1.21 bits per heavy atom. The molecule has 5 rings (SSSR count). The molecule has 1 atom stereocenters. The molecular formula is C24H26N4O4S. The van der Waals surface area contributed by atoms with E-state index in [1.165, 1.54) is 14.3 Å². The number of para-hydroxylation sites is 2. The second kappa shape index (κ2) is 8.62. The normalized spacial score (nSPS) is 17.3. The molecule has 1 aliphatic heterocycles. The Balaban J connectivity index is 1.38. The van der Waals surface area contributed by atoms with Crippen molar-refractivity contribution in [3.8, 4) is 5.75 Å². The van der Waals surface area contributed by atoms with Gasteiger partial charge in [-0.25, -0.2) is 4.98 Å². The number of anilines is 1. The predicted molar refractivity (Wildman–Crippen MR) is 127 cm³/mol. The van der Waals surface area contributed by atoms with E-state index in [1.807, 2.05) is 12.1 Å². The van der Waals surface area contributed by atoms with E-state index in [1.54, 1.807) is 48.8 Å². The van der Waals surface area contributed by atoms with Gasteiger partial charge in [0, 0.05) is 31.9 Å². The quantitative estimate of drug-likeness (QED) is 0.590. The summed E-state index contributed by atoms with van der Waals surface area (Å²) in [5.41, 5.74) is 1.71. The average Bonchev–Trinajstić information content (AvgIpc) is 3.21.